The zero-order valence-electron chi connectivity index (χ0n) is 17.7. The van der Waals surface area contributed by atoms with E-state index in [0.717, 1.165) is 38.5 Å². The smallest absolute Gasteiger partial charge is 0.303 e. The molecule has 0 saturated carbocycles. The quantitative estimate of drug-likeness (QED) is 0.429. The van der Waals surface area contributed by atoms with Gasteiger partial charge in [-0.1, -0.05) is 80.4 Å². The molecule has 0 radical (unpaired) electrons. The van der Waals surface area contributed by atoms with Crippen molar-refractivity contribution in [3.63, 3.8) is 0 Å². The molecular weight excluding hydrogens is 356 g/mol. The number of benzene rings is 2. The van der Waals surface area contributed by atoms with E-state index < -0.39 is 5.97 Å². The molecule has 0 aliphatic heterocycles. The molecule has 1 aliphatic rings. The summed E-state index contributed by atoms with van der Waals surface area (Å²) in [5, 5.41) is 9.13. The number of hydrogen-bond donors (Lipinski definition) is 1. The van der Waals surface area contributed by atoms with E-state index in [0.29, 0.717) is 5.92 Å². The fraction of sp³-hybridized carbons (Fsp3) is 0.444. The van der Waals surface area contributed by atoms with E-state index >= 15 is 0 Å². The number of aliphatic carboxylic acids is 1. The van der Waals surface area contributed by atoms with E-state index in [2.05, 4.69) is 62.0 Å². The Bertz CT molecular complexity index is 822. The molecule has 2 atom stereocenters. The van der Waals surface area contributed by atoms with Crippen LogP contribution >= 0.6 is 0 Å². The molecule has 0 bridgehead atoms. The van der Waals surface area contributed by atoms with Gasteiger partial charge in [0.05, 0.1) is 0 Å². The second kappa shape index (κ2) is 10.4. The number of carboxylic acids is 1. The molecule has 29 heavy (non-hydrogen) atoms. The third-order valence-corrected chi connectivity index (χ3v) is 6.29. The maximum Gasteiger partial charge on any atom is 0.303 e. The molecule has 1 N–H and O–H groups in total. The first kappa shape index (κ1) is 21.4. The molecule has 0 spiro atoms. The van der Waals surface area contributed by atoms with Crippen LogP contribution in [0.1, 0.15) is 75.3 Å². The summed E-state index contributed by atoms with van der Waals surface area (Å²) in [6, 6.07) is 17.6. The lowest BCUT2D eigenvalue weighted by Gasteiger charge is -2.27. The Labute approximate surface area is 175 Å². The standard InChI is InChI=1S/C27H34O2/c1-3-8-21(18-27(28)29)14-13-20(2)17-24-11-7-12-25-19-23(15-16-26(24)25)22-9-5-4-6-10-22/h4-6,9-10,15-16,19,21,24H,2-3,7-8,11-14,17-18H2,1H3,(H,28,29). The normalized spacial score (nSPS) is 16.8. The van der Waals surface area contributed by atoms with Gasteiger partial charge in [0.25, 0.3) is 0 Å². The van der Waals surface area contributed by atoms with Gasteiger partial charge >= 0.3 is 5.97 Å². The van der Waals surface area contributed by atoms with Gasteiger partial charge in [0.2, 0.25) is 0 Å². The van der Waals surface area contributed by atoms with Crippen LogP contribution < -0.4 is 0 Å². The lowest BCUT2D eigenvalue weighted by molar-refractivity contribution is -0.138. The summed E-state index contributed by atoms with van der Waals surface area (Å²) in [5.74, 6) is 0.158. The molecule has 2 heteroatoms. The number of fused-ring (bicyclic) bond motifs is 1. The lowest BCUT2D eigenvalue weighted by atomic mass is 9.78. The second-order valence-corrected chi connectivity index (χ2v) is 8.61. The first-order valence-electron chi connectivity index (χ1n) is 11.1. The number of allylic oxidation sites excluding steroid dienone is 1. The number of carboxylic acid groups (broad SMARTS) is 1. The second-order valence-electron chi connectivity index (χ2n) is 8.61. The largest absolute Gasteiger partial charge is 0.481 e. The molecule has 2 nitrogen and oxygen atoms in total. The Morgan fingerprint density at radius 1 is 1.14 bits per heavy atom. The van der Waals surface area contributed by atoms with E-state index in [1.807, 2.05) is 0 Å². The average molecular weight is 391 g/mol. The number of aryl methyl sites for hydroxylation is 1. The summed E-state index contributed by atoms with van der Waals surface area (Å²) >= 11 is 0. The topological polar surface area (TPSA) is 37.3 Å². The molecule has 0 aromatic heterocycles. The summed E-state index contributed by atoms with van der Waals surface area (Å²) in [5.41, 5.74) is 6.85. The highest BCUT2D eigenvalue weighted by Crippen LogP contribution is 2.38. The minimum absolute atomic E-state index is 0.279. The van der Waals surface area contributed by atoms with E-state index in [4.69, 9.17) is 5.11 Å². The highest BCUT2D eigenvalue weighted by molar-refractivity contribution is 5.67. The molecule has 3 rings (SSSR count). The van der Waals surface area contributed by atoms with Crippen molar-refractivity contribution in [2.24, 2.45) is 5.92 Å². The summed E-state index contributed by atoms with van der Waals surface area (Å²) < 4.78 is 0. The average Bonchev–Trinajstić information content (AvgIpc) is 2.72. The number of rotatable bonds is 10. The van der Waals surface area contributed by atoms with Crippen molar-refractivity contribution < 1.29 is 9.90 Å². The van der Waals surface area contributed by atoms with Crippen molar-refractivity contribution in [2.45, 2.75) is 70.6 Å². The fourth-order valence-electron chi connectivity index (χ4n) is 4.80. The molecule has 154 valence electrons. The predicted molar refractivity (Wildman–Crippen MR) is 121 cm³/mol. The van der Waals surface area contributed by atoms with Gasteiger partial charge in [0.1, 0.15) is 0 Å². The van der Waals surface area contributed by atoms with Crippen molar-refractivity contribution in [1.29, 1.82) is 0 Å². The van der Waals surface area contributed by atoms with Gasteiger partial charge in [0, 0.05) is 6.42 Å². The van der Waals surface area contributed by atoms with Crippen LogP contribution in [-0.4, -0.2) is 11.1 Å². The summed E-state index contributed by atoms with van der Waals surface area (Å²) in [6.07, 6.45) is 8.88. The van der Waals surface area contributed by atoms with Crippen LogP contribution in [0.2, 0.25) is 0 Å². The molecule has 2 unspecified atom stereocenters. The lowest BCUT2D eigenvalue weighted by Crippen LogP contribution is -2.12. The monoisotopic (exact) mass is 390 g/mol. The summed E-state index contributed by atoms with van der Waals surface area (Å²) in [7, 11) is 0. The Kier molecular flexibility index (Phi) is 7.69. The van der Waals surface area contributed by atoms with Gasteiger partial charge in [-0.3, -0.25) is 4.79 Å². The molecule has 2 aromatic carbocycles. The minimum atomic E-state index is -0.676. The van der Waals surface area contributed by atoms with E-state index in [-0.39, 0.29) is 12.3 Å². The highest BCUT2D eigenvalue weighted by Gasteiger charge is 2.22. The van der Waals surface area contributed by atoms with Gasteiger partial charge in [-0.25, -0.2) is 0 Å². The zero-order valence-corrected chi connectivity index (χ0v) is 17.7. The third-order valence-electron chi connectivity index (χ3n) is 6.29. The molecule has 0 amide bonds. The van der Waals surface area contributed by atoms with E-state index in [1.54, 1.807) is 0 Å². The maximum absolute atomic E-state index is 11.1. The summed E-state index contributed by atoms with van der Waals surface area (Å²) in [4.78, 5) is 11.1. The van der Waals surface area contributed by atoms with Crippen molar-refractivity contribution in [3.05, 3.63) is 71.8 Å². The van der Waals surface area contributed by atoms with Crippen molar-refractivity contribution in [2.75, 3.05) is 0 Å². The van der Waals surface area contributed by atoms with Gasteiger partial charge in [0.15, 0.2) is 0 Å². The van der Waals surface area contributed by atoms with Gasteiger partial charge in [-0.05, 0) is 72.6 Å². The van der Waals surface area contributed by atoms with Crippen molar-refractivity contribution >= 4 is 5.97 Å². The van der Waals surface area contributed by atoms with Gasteiger partial charge in [-0.15, -0.1) is 0 Å². The Hall–Kier alpha value is -2.35. The SMILES string of the molecule is C=C(CCC(CCC)CC(=O)O)CC1CCCc2cc(-c3ccccc3)ccc21. The molecule has 0 heterocycles. The molecule has 0 fully saturated rings. The van der Waals surface area contributed by atoms with Crippen LogP contribution in [0, 0.1) is 5.92 Å². The van der Waals surface area contributed by atoms with E-state index in [9.17, 15) is 4.79 Å². The van der Waals surface area contributed by atoms with Crippen molar-refractivity contribution in [1.82, 2.24) is 0 Å². The van der Waals surface area contributed by atoms with Crippen LogP contribution in [0.5, 0.6) is 0 Å². The van der Waals surface area contributed by atoms with Crippen LogP contribution in [-0.2, 0) is 11.2 Å². The molecule has 2 aromatic rings. The van der Waals surface area contributed by atoms with Gasteiger partial charge < -0.3 is 5.11 Å². The molecular formula is C27H34O2. The zero-order chi connectivity index (χ0) is 20.6. The Balaban J connectivity index is 1.62. The predicted octanol–water partition coefficient (Wildman–Crippen LogP) is 7.39. The maximum atomic E-state index is 11.1. The highest BCUT2D eigenvalue weighted by atomic mass is 16.4. The van der Waals surface area contributed by atoms with E-state index in [1.165, 1.54) is 40.7 Å². The van der Waals surface area contributed by atoms with Crippen LogP contribution in [0.25, 0.3) is 11.1 Å². The number of carbonyl (C=O) groups is 1. The van der Waals surface area contributed by atoms with Crippen LogP contribution in [0.4, 0.5) is 0 Å². The minimum Gasteiger partial charge on any atom is -0.481 e. The van der Waals surface area contributed by atoms with Crippen LogP contribution in [0.3, 0.4) is 0 Å². The van der Waals surface area contributed by atoms with Crippen LogP contribution in [0.15, 0.2) is 60.7 Å². The number of hydrogen-bond acceptors (Lipinski definition) is 1. The molecule has 1 aliphatic carbocycles. The third kappa shape index (κ3) is 6.06. The fourth-order valence-corrected chi connectivity index (χ4v) is 4.80. The van der Waals surface area contributed by atoms with Gasteiger partial charge in [-0.2, -0.15) is 0 Å². The van der Waals surface area contributed by atoms with Crippen molar-refractivity contribution in [3.8, 4) is 11.1 Å². The summed E-state index contributed by atoms with van der Waals surface area (Å²) in [6.45, 7) is 6.48. The Morgan fingerprint density at radius 2 is 1.93 bits per heavy atom. The first-order valence-corrected chi connectivity index (χ1v) is 11.1. The first-order chi connectivity index (χ1) is 14.1. The Morgan fingerprint density at radius 3 is 2.66 bits per heavy atom. The molecule has 0 saturated heterocycles.